The van der Waals surface area contributed by atoms with Gasteiger partial charge in [0.25, 0.3) is 0 Å². The van der Waals surface area contributed by atoms with Crippen LogP contribution >= 0.6 is 0 Å². The summed E-state index contributed by atoms with van der Waals surface area (Å²) in [5, 5.41) is 0. The number of rotatable bonds is 5. The Bertz CT molecular complexity index is 3130. The van der Waals surface area contributed by atoms with Crippen LogP contribution in [0.15, 0.2) is 176 Å². The molecule has 0 heterocycles. The van der Waals surface area contributed by atoms with Crippen LogP contribution in [0.5, 0.6) is 0 Å². The lowest BCUT2D eigenvalue weighted by Crippen LogP contribution is -2.28. The Balaban J connectivity index is 1.24. The fraction of sp³-hybridized carbons (Fsp3) is 0.238. The van der Waals surface area contributed by atoms with Gasteiger partial charge in [-0.1, -0.05) is 215 Å². The highest BCUT2D eigenvalue weighted by Crippen LogP contribution is 2.61. The first-order valence-electron chi connectivity index (χ1n) is 23.3. The van der Waals surface area contributed by atoms with Gasteiger partial charge in [-0.25, -0.2) is 0 Å². The molecule has 0 amide bonds. The van der Waals surface area contributed by atoms with Crippen molar-refractivity contribution in [2.75, 3.05) is 4.90 Å². The molecule has 0 bridgehead atoms. The van der Waals surface area contributed by atoms with Gasteiger partial charge in [-0.3, -0.25) is 0 Å². The SMILES string of the molecule is CC(C)(C)c1cc2c(c(C(C)(C)C)c1)C(C)(C)c1cccc(N(c3ccc4c(c3)C(C)(C)c3ccccc3-4)c3ccc4c(c3)C(c3ccccc3)(c3ccccc3)c3ccccc3-4)c1-2. The zero-order valence-electron chi connectivity index (χ0n) is 39.2. The van der Waals surface area contributed by atoms with Crippen molar-refractivity contribution < 1.29 is 0 Å². The summed E-state index contributed by atoms with van der Waals surface area (Å²) in [5.74, 6) is 0. The fourth-order valence-electron chi connectivity index (χ4n) is 12.0. The summed E-state index contributed by atoms with van der Waals surface area (Å²) in [6.45, 7) is 23.9. The first-order valence-corrected chi connectivity index (χ1v) is 23.3. The summed E-state index contributed by atoms with van der Waals surface area (Å²) in [5.41, 5.74) is 24.1. The Hall–Kier alpha value is -6.44. The van der Waals surface area contributed by atoms with Crippen LogP contribution in [0, 0.1) is 0 Å². The van der Waals surface area contributed by atoms with Gasteiger partial charge in [0.2, 0.25) is 0 Å². The van der Waals surface area contributed by atoms with Gasteiger partial charge in [-0.2, -0.15) is 0 Å². The van der Waals surface area contributed by atoms with Crippen molar-refractivity contribution >= 4 is 17.1 Å². The lowest BCUT2D eigenvalue weighted by Gasteiger charge is -2.35. The second-order valence-electron chi connectivity index (χ2n) is 21.8. The molecule has 0 aromatic heterocycles. The van der Waals surface area contributed by atoms with E-state index in [2.05, 4.69) is 250 Å². The number of fused-ring (bicyclic) bond motifs is 9. The highest BCUT2D eigenvalue weighted by Gasteiger charge is 2.47. The lowest BCUT2D eigenvalue weighted by atomic mass is 9.67. The molecule has 8 aromatic carbocycles. The molecule has 1 nitrogen and oxygen atoms in total. The predicted molar refractivity (Wildman–Crippen MR) is 271 cm³/mol. The molecule has 0 unspecified atom stereocenters. The molecule has 316 valence electrons. The third-order valence-corrected chi connectivity index (χ3v) is 15.2. The summed E-state index contributed by atoms with van der Waals surface area (Å²) in [6, 6.07) is 67.2. The summed E-state index contributed by atoms with van der Waals surface area (Å²) in [6.07, 6.45) is 0. The van der Waals surface area contributed by atoms with Gasteiger partial charge in [0.05, 0.1) is 11.1 Å². The first-order chi connectivity index (χ1) is 30.5. The first kappa shape index (κ1) is 40.3. The minimum absolute atomic E-state index is 0.0235. The van der Waals surface area contributed by atoms with E-state index in [1.807, 2.05) is 0 Å². The largest absolute Gasteiger partial charge is 0.310 e. The summed E-state index contributed by atoms with van der Waals surface area (Å²) < 4.78 is 0. The van der Waals surface area contributed by atoms with Crippen molar-refractivity contribution in [2.24, 2.45) is 0 Å². The third-order valence-electron chi connectivity index (χ3n) is 15.2. The minimum atomic E-state index is -0.520. The molecule has 3 aliphatic carbocycles. The van der Waals surface area contributed by atoms with Crippen LogP contribution in [0.4, 0.5) is 17.1 Å². The zero-order valence-corrected chi connectivity index (χ0v) is 39.2. The van der Waals surface area contributed by atoms with E-state index in [0.717, 1.165) is 5.69 Å². The quantitative estimate of drug-likeness (QED) is 0.167. The van der Waals surface area contributed by atoms with E-state index >= 15 is 0 Å². The van der Waals surface area contributed by atoms with Crippen LogP contribution in [0.2, 0.25) is 0 Å². The maximum Gasteiger partial charge on any atom is 0.0714 e. The molecule has 0 spiro atoms. The second-order valence-corrected chi connectivity index (χ2v) is 21.8. The van der Waals surface area contributed by atoms with Crippen molar-refractivity contribution in [2.45, 2.75) is 96.3 Å². The van der Waals surface area contributed by atoms with Crippen LogP contribution in [0.25, 0.3) is 33.4 Å². The average molecular weight is 830 g/mol. The molecule has 0 saturated heterocycles. The van der Waals surface area contributed by atoms with Crippen molar-refractivity contribution in [1.82, 2.24) is 0 Å². The molecule has 0 atom stereocenters. The minimum Gasteiger partial charge on any atom is -0.310 e. The molecule has 8 aromatic rings. The van der Waals surface area contributed by atoms with Gasteiger partial charge >= 0.3 is 0 Å². The van der Waals surface area contributed by atoms with Crippen LogP contribution in [-0.2, 0) is 27.1 Å². The van der Waals surface area contributed by atoms with Crippen LogP contribution in [0.1, 0.15) is 125 Å². The molecule has 3 aliphatic rings. The maximum absolute atomic E-state index is 2.61. The fourth-order valence-corrected chi connectivity index (χ4v) is 12.0. The van der Waals surface area contributed by atoms with E-state index < -0.39 is 5.41 Å². The van der Waals surface area contributed by atoms with Gasteiger partial charge < -0.3 is 4.90 Å². The van der Waals surface area contributed by atoms with Gasteiger partial charge in [-0.15, -0.1) is 0 Å². The smallest absolute Gasteiger partial charge is 0.0714 e. The van der Waals surface area contributed by atoms with Crippen molar-refractivity contribution in [3.8, 4) is 33.4 Å². The van der Waals surface area contributed by atoms with Crippen molar-refractivity contribution in [1.29, 1.82) is 0 Å². The van der Waals surface area contributed by atoms with Crippen molar-refractivity contribution in [3.05, 3.63) is 232 Å². The van der Waals surface area contributed by atoms with Crippen molar-refractivity contribution in [3.63, 3.8) is 0 Å². The molecule has 0 radical (unpaired) electrons. The van der Waals surface area contributed by atoms with E-state index in [9.17, 15) is 0 Å². The Morgan fingerprint density at radius 2 is 0.875 bits per heavy atom. The highest BCUT2D eigenvalue weighted by molar-refractivity contribution is 5.98. The van der Waals surface area contributed by atoms with E-state index in [1.165, 1.54) is 100 Å². The highest BCUT2D eigenvalue weighted by atomic mass is 15.1. The number of hydrogen-bond acceptors (Lipinski definition) is 1. The lowest BCUT2D eigenvalue weighted by molar-refractivity contribution is 0.545. The van der Waals surface area contributed by atoms with E-state index in [4.69, 9.17) is 0 Å². The average Bonchev–Trinajstić information content (AvgIpc) is 3.81. The number of anilines is 3. The van der Waals surface area contributed by atoms with E-state index in [0.29, 0.717) is 0 Å². The second kappa shape index (κ2) is 13.8. The van der Waals surface area contributed by atoms with Crippen LogP contribution in [-0.4, -0.2) is 0 Å². The number of nitrogens with zero attached hydrogens (tertiary/aromatic N) is 1. The number of hydrogen-bond donors (Lipinski definition) is 0. The molecular weight excluding hydrogens is 771 g/mol. The molecule has 0 fully saturated rings. The third kappa shape index (κ3) is 5.62. The van der Waals surface area contributed by atoms with Crippen LogP contribution < -0.4 is 4.90 Å². The van der Waals surface area contributed by atoms with Crippen LogP contribution in [0.3, 0.4) is 0 Å². The molecule has 0 aliphatic heterocycles. The zero-order chi connectivity index (χ0) is 44.6. The van der Waals surface area contributed by atoms with E-state index in [-0.39, 0.29) is 21.7 Å². The molecule has 1 heteroatoms. The molecular formula is C63H59N. The Kier molecular flexibility index (Phi) is 8.69. The Morgan fingerprint density at radius 3 is 1.47 bits per heavy atom. The van der Waals surface area contributed by atoms with Gasteiger partial charge in [0, 0.05) is 27.8 Å². The molecule has 0 saturated carbocycles. The molecule has 11 rings (SSSR count). The molecule has 0 N–H and O–H groups in total. The molecule has 64 heavy (non-hydrogen) atoms. The number of benzene rings is 8. The van der Waals surface area contributed by atoms with E-state index in [1.54, 1.807) is 0 Å². The van der Waals surface area contributed by atoms with Gasteiger partial charge in [0.15, 0.2) is 0 Å². The van der Waals surface area contributed by atoms with Gasteiger partial charge in [0.1, 0.15) is 0 Å². The predicted octanol–water partition coefficient (Wildman–Crippen LogP) is 16.7. The standard InChI is InChI=1S/C63H59N/c1-59(2,3)42-36-49-57-52(62(9,10)58(49)55(37-42)60(4,5)6)30-21-31-56(57)64(43-32-34-47-45-26-17-19-28-50(45)61(7,8)53(47)38-43)44-33-35-48-46-27-18-20-29-51(46)63(54(48)39-44,40-22-13-11-14-23-40)41-24-15-12-16-25-41/h11-39H,1-10H3. The summed E-state index contributed by atoms with van der Waals surface area (Å²) in [7, 11) is 0. The monoisotopic (exact) mass is 829 g/mol. The topological polar surface area (TPSA) is 3.24 Å². The Morgan fingerprint density at radius 1 is 0.375 bits per heavy atom. The summed E-state index contributed by atoms with van der Waals surface area (Å²) in [4.78, 5) is 2.61. The Labute approximate surface area is 381 Å². The van der Waals surface area contributed by atoms with Gasteiger partial charge in [-0.05, 0) is 125 Å². The summed E-state index contributed by atoms with van der Waals surface area (Å²) >= 11 is 0. The maximum atomic E-state index is 2.61. The normalized spacial score (nSPS) is 15.7.